The van der Waals surface area contributed by atoms with Gasteiger partial charge >= 0.3 is 6.09 Å². The molecule has 2 bridgehead atoms. The first kappa shape index (κ1) is 18.2. The number of amides is 1. The fraction of sp³-hybridized carbons (Fsp3) is 0.444. The van der Waals surface area contributed by atoms with Crippen LogP contribution in [0.1, 0.15) is 12.8 Å². The van der Waals surface area contributed by atoms with E-state index in [0.717, 1.165) is 30.1 Å². The van der Waals surface area contributed by atoms with Crippen LogP contribution < -0.4 is 4.90 Å². The molecule has 7 heteroatoms. The Morgan fingerprint density at radius 2 is 2.12 bits per heavy atom. The monoisotopic (exact) mass is 379 g/mol. The summed E-state index contributed by atoms with van der Waals surface area (Å²) in [7, 11) is 0. The second-order valence-corrected chi connectivity index (χ2v) is 7.54. The van der Waals surface area contributed by atoms with Crippen LogP contribution in [-0.4, -0.2) is 47.3 Å². The zero-order valence-electron chi connectivity index (χ0n) is 13.9. The summed E-state index contributed by atoms with van der Waals surface area (Å²) in [4.78, 5) is 21.2. The fourth-order valence-electron chi connectivity index (χ4n) is 4.04. The summed E-state index contributed by atoms with van der Waals surface area (Å²) in [6.45, 7) is 3.84. The number of rotatable bonds is 4. The lowest BCUT2D eigenvalue weighted by Gasteiger charge is -2.25. The molecule has 0 aliphatic carbocycles. The van der Waals surface area contributed by atoms with E-state index in [1.165, 1.54) is 29.1 Å². The van der Waals surface area contributed by atoms with Crippen molar-refractivity contribution < 1.29 is 9.90 Å². The van der Waals surface area contributed by atoms with E-state index in [-0.39, 0.29) is 12.4 Å². The van der Waals surface area contributed by atoms with E-state index in [1.807, 2.05) is 30.3 Å². The molecule has 1 N–H and O–H groups in total. The molecule has 2 aliphatic rings. The molecule has 2 fully saturated rings. The maximum absolute atomic E-state index is 11.9. The highest BCUT2D eigenvalue weighted by Gasteiger charge is 2.38. The average molecular weight is 380 g/mol. The largest absolute Gasteiger partial charge is 0.465 e. The Bertz CT molecular complexity index is 724. The lowest BCUT2D eigenvalue weighted by atomic mass is 9.91. The van der Waals surface area contributed by atoms with Gasteiger partial charge in [0, 0.05) is 19.6 Å². The molecule has 25 heavy (non-hydrogen) atoms. The predicted octanol–water partition coefficient (Wildman–Crippen LogP) is 4.06. The molecule has 134 valence electrons. The molecule has 2 aromatic rings. The molecule has 2 aliphatic heterocycles. The molecule has 0 spiro atoms. The van der Waals surface area contributed by atoms with Crippen molar-refractivity contribution in [2.75, 3.05) is 31.1 Å². The van der Waals surface area contributed by atoms with Crippen LogP contribution in [-0.2, 0) is 0 Å². The smallest absolute Gasteiger partial charge is 0.413 e. The molecule has 1 aromatic heterocycles. The van der Waals surface area contributed by atoms with Crippen molar-refractivity contribution in [3.63, 3.8) is 0 Å². The Hall–Kier alpha value is -1.63. The van der Waals surface area contributed by atoms with Gasteiger partial charge in [-0.15, -0.1) is 23.7 Å². The second-order valence-electron chi connectivity index (χ2n) is 6.69. The van der Waals surface area contributed by atoms with E-state index < -0.39 is 6.09 Å². The van der Waals surface area contributed by atoms with Crippen LogP contribution in [0.2, 0.25) is 0 Å². The number of nitrogens with zero attached hydrogens (tertiary/aromatic N) is 3. The van der Waals surface area contributed by atoms with E-state index in [9.17, 15) is 9.90 Å². The van der Waals surface area contributed by atoms with Crippen LogP contribution in [0.4, 0.5) is 10.6 Å². The Kier molecular flexibility index (Phi) is 5.61. The number of hydrogen-bond acceptors (Lipinski definition) is 4. The van der Waals surface area contributed by atoms with Gasteiger partial charge in [-0.05, 0) is 36.8 Å². The van der Waals surface area contributed by atoms with Gasteiger partial charge in [0.05, 0.1) is 10.4 Å². The number of piperidine rings is 1. The molecule has 4 rings (SSSR count). The Morgan fingerprint density at radius 3 is 2.84 bits per heavy atom. The van der Waals surface area contributed by atoms with Gasteiger partial charge in [0.25, 0.3) is 0 Å². The third-order valence-electron chi connectivity index (χ3n) is 5.19. The van der Waals surface area contributed by atoms with Gasteiger partial charge in [0.1, 0.15) is 0 Å². The minimum Gasteiger partial charge on any atom is -0.465 e. The first-order chi connectivity index (χ1) is 11.7. The summed E-state index contributed by atoms with van der Waals surface area (Å²) >= 11 is 1.50. The molecule has 1 aromatic carbocycles. The van der Waals surface area contributed by atoms with Gasteiger partial charge in [-0.2, -0.15) is 0 Å². The van der Waals surface area contributed by atoms with Crippen LogP contribution in [0.15, 0.2) is 35.8 Å². The summed E-state index contributed by atoms with van der Waals surface area (Å²) in [5.74, 6) is 1.61. The van der Waals surface area contributed by atoms with Gasteiger partial charge in [-0.25, -0.2) is 9.78 Å². The van der Waals surface area contributed by atoms with Crippen LogP contribution in [0.5, 0.6) is 0 Å². The summed E-state index contributed by atoms with van der Waals surface area (Å²) in [5, 5.41) is 9.79. The molecular formula is C18H22ClN3O2S. The summed E-state index contributed by atoms with van der Waals surface area (Å²) in [5.41, 5.74) is 2.76. The standard InChI is InChI=1S/C18H21N3O2S.ClH/c22-18(23)21(11-15-10-20-8-4-7-14(15)9-20)17-16(24-12-19-17)13-5-2-1-3-6-13;/h1-3,5-6,12,14-15H,4,7-11H2,(H,22,23);1H. The first-order valence-corrected chi connectivity index (χ1v) is 9.32. The van der Waals surface area contributed by atoms with E-state index in [2.05, 4.69) is 9.88 Å². The predicted molar refractivity (Wildman–Crippen MR) is 103 cm³/mol. The van der Waals surface area contributed by atoms with Crippen molar-refractivity contribution in [2.45, 2.75) is 12.8 Å². The maximum atomic E-state index is 11.9. The number of carbonyl (C=O) groups is 1. The number of aromatic nitrogens is 1. The number of benzene rings is 1. The summed E-state index contributed by atoms with van der Waals surface area (Å²) < 4.78 is 0. The average Bonchev–Trinajstić information content (AvgIpc) is 3.18. The highest BCUT2D eigenvalue weighted by atomic mass is 35.5. The number of hydrogen-bond donors (Lipinski definition) is 1. The van der Waals surface area contributed by atoms with Crippen LogP contribution in [0, 0.1) is 11.8 Å². The molecule has 3 heterocycles. The lowest BCUT2D eigenvalue weighted by Crippen LogP contribution is -2.37. The molecule has 1 amide bonds. The summed E-state index contributed by atoms with van der Waals surface area (Å²) in [6, 6.07) is 9.91. The normalized spacial score (nSPS) is 24.6. The van der Waals surface area contributed by atoms with Gasteiger partial charge in [0.15, 0.2) is 5.82 Å². The molecule has 3 atom stereocenters. The molecule has 0 saturated carbocycles. The van der Waals surface area contributed by atoms with Crippen molar-refractivity contribution in [3.05, 3.63) is 35.8 Å². The molecular weight excluding hydrogens is 358 g/mol. The highest BCUT2D eigenvalue weighted by Crippen LogP contribution is 2.37. The molecule has 2 saturated heterocycles. The second kappa shape index (κ2) is 7.72. The van der Waals surface area contributed by atoms with E-state index >= 15 is 0 Å². The highest BCUT2D eigenvalue weighted by molar-refractivity contribution is 7.13. The Labute approximate surface area is 157 Å². The van der Waals surface area contributed by atoms with Crippen LogP contribution >= 0.6 is 23.7 Å². The quantitative estimate of drug-likeness (QED) is 0.870. The van der Waals surface area contributed by atoms with Gasteiger partial charge in [0.2, 0.25) is 0 Å². The number of anilines is 1. The zero-order chi connectivity index (χ0) is 16.5. The molecule has 0 radical (unpaired) electrons. The van der Waals surface area contributed by atoms with Crippen LogP contribution in [0.25, 0.3) is 10.4 Å². The molecule has 3 unspecified atom stereocenters. The summed E-state index contributed by atoms with van der Waals surface area (Å²) in [6.07, 6.45) is 1.55. The SMILES string of the molecule is Cl.O=C(O)N(CC1CN2CCCC1C2)c1ncsc1-c1ccccc1. The minimum atomic E-state index is -0.908. The van der Waals surface area contributed by atoms with Crippen molar-refractivity contribution in [3.8, 4) is 10.4 Å². The Balaban J connectivity index is 0.00000182. The van der Waals surface area contributed by atoms with E-state index in [4.69, 9.17) is 0 Å². The van der Waals surface area contributed by atoms with Gasteiger partial charge in [-0.3, -0.25) is 4.90 Å². The van der Waals surface area contributed by atoms with Crippen molar-refractivity contribution in [2.24, 2.45) is 11.8 Å². The maximum Gasteiger partial charge on any atom is 0.413 e. The zero-order valence-corrected chi connectivity index (χ0v) is 15.5. The molecule has 5 nitrogen and oxygen atoms in total. The fourth-order valence-corrected chi connectivity index (χ4v) is 4.84. The van der Waals surface area contributed by atoms with E-state index in [0.29, 0.717) is 24.2 Å². The van der Waals surface area contributed by atoms with Gasteiger partial charge in [-0.1, -0.05) is 30.3 Å². The minimum absolute atomic E-state index is 0. The van der Waals surface area contributed by atoms with Gasteiger partial charge < -0.3 is 10.0 Å². The number of carboxylic acid groups (broad SMARTS) is 1. The van der Waals surface area contributed by atoms with Crippen LogP contribution in [0.3, 0.4) is 0 Å². The topological polar surface area (TPSA) is 56.7 Å². The van der Waals surface area contributed by atoms with Crippen molar-refractivity contribution >= 4 is 35.7 Å². The van der Waals surface area contributed by atoms with Crippen molar-refractivity contribution in [1.29, 1.82) is 0 Å². The lowest BCUT2D eigenvalue weighted by molar-refractivity contribution is 0.199. The third-order valence-corrected chi connectivity index (χ3v) is 6.05. The Morgan fingerprint density at radius 1 is 1.32 bits per heavy atom. The first-order valence-electron chi connectivity index (χ1n) is 8.44. The van der Waals surface area contributed by atoms with Crippen molar-refractivity contribution in [1.82, 2.24) is 9.88 Å². The number of thiazole rings is 1. The number of fused-ring (bicyclic) bond motifs is 2. The van der Waals surface area contributed by atoms with E-state index in [1.54, 1.807) is 5.51 Å². The number of halogens is 1. The third kappa shape index (κ3) is 3.66.